The molecule has 134 valence electrons. The van der Waals surface area contributed by atoms with E-state index in [0.29, 0.717) is 17.6 Å². The fourth-order valence-corrected chi connectivity index (χ4v) is 3.09. The maximum Gasteiger partial charge on any atom is 0.319 e. The van der Waals surface area contributed by atoms with Gasteiger partial charge in [-0.3, -0.25) is 0 Å². The molecule has 3 aromatic rings. The Hall–Kier alpha value is -2.44. The molecule has 26 heavy (non-hydrogen) atoms. The third kappa shape index (κ3) is 3.86. The molecule has 0 N–H and O–H groups in total. The van der Waals surface area contributed by atoms with Crippen molar-refractivity contribution in [2.75, 3.05) is 13.2 Å². The van der Waals surface area contributed by atoms with Crippen LogP contribution in [0.25, 0.3) is 17.1 Å². The summed E-state index contributed by atoms with van der Waals surface area (Å²) in [6.07, 6.45) is 4.00. The number of benzene rings is 1. The highest BCUT2D eigenvalue weighted by atomic mass is 35.5. The molecular weight excluding hydrogens is 352 g/mol. The molecule has 0 spiro atoms. The van der Waals surface area contributed by atoms with Gasteiger partial charge in [-0.15, -0.1) is 0 Å². The minimum atomic E-state index is 0.0960. The quantitative estimate of drug-likeness (QED) is 0.638. The predicted molar refractivity (Wildman–Crippen MR) is 98.8 cm³/mol. The molecule has 2 aromatic heterocycles. The van der Waals surface area contributed by atoms with Gasteiger partial charge < -0.3 is 9.47 Å². The maximum absolute atomic E-state index is 6.14. The lowest BCUT2D eigenvalue weighted by atomic mass is 10.1. The zero-order valence-corrected chi connectivity index (χ0v) is 15.2. The summed E-state index contributed by atoms with van der Waals surface area (Å²) in [6, 6.07) is 12.0. The summed E-state index contributed by atoms with van der Waals surface area (Å²) in [4.78, 5) is 8.55. The van der Waals surface area contributed by atoms with E-state index in [9.17, 15) is 0 Å². The highest BCUT2D eigenvalue weighted by molar-refractivity contribution is 6.29. The van der Waals surface area contributed by atoms with Gasteiger partial charge >= 0.3 is 6.01 Å². The molecule has 1 saturated heterocycles. The Bertz CT molecular complexity index is 906. The molecule has 4 rings (SSSR count). The van der Waals surface area contributed by atoms with E-state index in [4.69, 9.17) is 21.1 Å². The number of ether oxygens (including phenoxy) is 2. The topological polar surface area (TPSA) is 62.1 Å². The summed E-state index contributed by atoms with van der Waals surface area (Å²) in [5.41, 5.74) is 3.11. The van der Waals surface area contributed by atoms with Crippen molar-refractivity contribution in [3.63, 3.8) is 0 Å². The van der Waals surface area contributed by atoms with E-state index in [1.54, 1.807) is 10.7 Å². The second kappa shape index (κ2) is 7.43. The second-order valence-corrected chi connectivity index (χ2v) is 6.68. The predicted octanol–water partition coefficient (Wildman–Crippen LogP) is 3.85. The average molecular weight is 371 g/mol. The number of hydrogen-bond donors (Lipinski definition) is 0. The first kappa shape index (κ1) is 17.0. The van der Waals surface area contributed by atoms with Crippen molar-refractivity contribution in [1.29, 1.82) is 0 Å². The van der Waals surface area contributed by atoms with Crippen molar-refractivity contribution in [2.45, 2.75) is 25.9 Å². The lowest BCUT2D eigenvalue weighted by Crippen LogP contribution is -2.17. The van der Waals surface area contributed by atoms with Crippen molar-refractivity contribution in [3.05, 3.63) is 53.3 Å². The Morgan fingerprint density at radius 1 is 1.27 bits per heavy atom. The van der Waals surface area contributed by atoms with Gasteiger partial charge in [0.15, 0.2) is 5.82 Å². The molecule has 0 bridgehead atoms. The molecule has 0 saturated carbocycles. The highest BCUT2D eigenvalue weighted by Gasteiger charge is 2.17. The number of aromatic nitrogens is 4. The van der Waals surface area contributed by atoms with Crippen LogP contribution in [-0.2, 0) is 4.74 Å². The molecule has 1 unspecified atom stereocenters. The Morgan fingerprint density at radius 2 is 2.19 bits per heavy atom. The second-order valence-electron chi connectivity index (χ2n) is 6.29. The van der Waals surface area contributed by atoms with Crippen LogP contribution >= 0.6 is 11.6 Å². The van der Waals surface area contributed by atoms with Crippen LogP contribution in [0.15, 0.2) is 42.6 Å². The minimum Gasteiger partial charge on any atom is -0.461 e. The Kier molecular flexibility index (Phi) is 4.86. The van der Waals surface area contributed by atoms with E-state index in [0.717, 1.165) is 30.7 Å². The molecular formula is C19H19ClN4O2. The normalized spacial score (nSPS) is 16.8. The Morgan fingerprint density at radius 3 is 3.00 bits per heavy atom. The SMILES string of the molecule is Cc1cccc(-c2ccn(-c3cc(Cl)nc(OCC4CCCO4)n3)n2)c1. The van der Waals surface area contributed by atoms with Gasteiger partial charge in [0.1, 0.15) is 11.8 Å². The van der Waals surface area contributed by atoms with Gasteiger partial charge in [0.25, 0.3) is 0 Å². The van der Waals surface area contributed by atoms with E-state index < -0.39 is 0 Å². The van der Waals surface area contributed by atoms with Crippen LogP contribution in [0.1, 0.15) is 18.4 Å². The first-order valence-electron chi connectivity index (χ1n) is 8.59. The van der Waals surface area contributed by atoms with E-state index in [-0.39, 0.29) is 12.1 Å². The van der Waals surface area contributed by atoms with Gasteiger partial charge in [0.05, 0.1) is 11.8 Å². The summed E-state index contributed by atoms with van der Waals surface area (Å²) in [6.45, 7) is 3.26. The van der Waals surface area contributed by atoms with Crippen molar-refractivity contribution in [2.24, 2.45) is 0 Å². The number of nitrogens with zero attached hydrogens (tertiary/aromatic N) is 4. The van der Waals surface area contributed by atoms with Crippen molar-refractivity contribution in [1.82, 2.24) is 19.7 Å². The maximum atomic E-state index is 6.14. The summed E-state index contributed by atoms with van der Waals surface area (Å²) in [7, 11) is 0. The van der Waals surface area contributed by atoms with Gasteiger partial charge in [-0.2, -0.15) is 15.1 Å². The molecule has 0 radical (unpaired) electrons. The van der Waals surface area contributed by atoms with Crippen LogP contribution < -0.4 is 4.74 Å². The summed E-state index contributed by atoms with van der Waals surface area (Å²) < 4.78 is 12.9. The van der Waals surface area contributed by atoms with Crippen LogP contribution in [0.2, 0.25) is 5.15 Å². The van der Waals surface area contributed by atoms with Gasteiger partial charge in [-0.25, -0.2) is 4.68 Å². The van der Waals surface area contributed by atoms with Crippen LogP contribution in [-0.4, -0.2) is 39.1 Å². The number of aryl methyl sites for hydroxylation is 1. The molecule has 7 heteroatoms. The third-order valence-electron chi connectivity index (χ3n) is 4.22. The zero-order chi connectivity index (χ0) is 17.9. The first-order valence-corrected chi connectivity index (χ1v) is 8.97. The van der Waals surface area contributed by atoms with Gasteiger partial charge in [-0.05, 0) is 31.9 Å². The molecule has 1 atom stereocenters. The van der Waals surface area contributed by atoms with Crippen molar-refractivity contribution < 1.29 is 9.47 Å². The smallest absolute Gasteiger partial charge is 0.319 e. The van der Waals surface area contributed by atoms with Crippen LogP contribution in [0.5, 0.6) is 6.01 Å². The third-order valence-corrected chi connectivity index (χ3v) is 4.41. The lowest BCUT2D eigenvalue weighted by molar-refractivity contribution is 0.0645. The lowest BCUT2D eigenvalue weighted by Gasteiger charge is -2.11. The Balaban J connectivity index is 1.55. The fraction of sp³-hybridized carbons (Fsp3) is 0.316. The molecule has 6 nitrogen and oxygen atoms in total. The first-order chi connectivity index (χ1) is 12.7. The minimum absolute atomic E-state index is 0.0960. The van der Waals surface area contributed by atoms with Crippen LogP contribution in [0.4, 0.5) is 0 Å². The molecule has 1 fully saturated rings. The van der Waals surface area contributed by atoms with Crippen molar-refractivity contribution >= 4 is 11.6 Å². The molecule has 0 amide bonds. The standard InChI is InChI=1S/C19H19ClN4O2/c1-13-4-2-5-14(10-13)16-7-8-24(23-16)18-11-17(20)21-19(22-18)26-12-15-6-3-9-25-15/h2,4-5,7-8,10-11,15H,3,6,9,12H2,1H3. The number of hydrogen-bond acceptors (Lipinski definition) is 5. The largest absolute Gasteiger partial charge is 0.461 e. The van der Waals surface area contributed by atoms with Gasteiger partial charge in [-0.1, -0.05) is 35.4 Å². The van der Waals surface area contributed by atoms with Crippen LogP contribution in [0.3, 0.4) is 0 Å². The highest BCUT2D eigenvalue weighted by Crippen LogP contribution is 2.21. The van der Waals surface area contributed by atoms with Gasteiger partial charge in [0, 0.05) is 24.4 Å². The number of rotatable bonds is 5. The fourth-order valence-electron chi connectivity index (χ4n) is 2.92. The number of halogens is 1. The molecule has 1 aliphatic rings. The monoisotopic (exact) mass is 370 g/mol. The Labute approximate surface area is 156 Å². The van der Waals surface area contributed by atoms with Crippen molar-refractivity contribution in [3.8, 4) is 23.1 Å². The summed E-state index contributed by atoms with van der Waals surface area (Å²) in [5, 5.41) is 4.91. The van der Waals surface area contributed by atoms with Gasteiger partial charge in [0.2, 0.25) is 0 Å². The molecule has 1 aliphatic heterocycles. The molecule has 3 heterocycles. The molecule has 0 aliphatic carbocycles. The molecule has 1 aromatic carbocycles. The summed E-state index contributed by atoms with van der Waals surface area (Å²) >= 11 is 6.14. The van der Waals surface area contributed by atoms with E-state index >= 15 is 0 Å². The zero-order valence-electron chi connectivity index (χ0n) is 14.4. The van der Waals surface area contributed by atoms with E-state index in [1.165, 1.54) is 5.56 Å². The summed E-state index contributed by atoms with van der Waals surface area (Å²) in [5.74, 6) is 0.561. The average Bonchev–Trinajstić information content (AvgIpc) is 3.31. The van der Waals surface area contributed by atoms with E-state index in [1.807, 2.05) is 24.4 Å². The van der Waals surface area contributed by atoms with E-state index in [2.05, 4.69) is 34.1 Å². The van der Waals surface area contributed by atoms with Crippen LogP contribution in [0, 0.1) is 6.92 Å².